The summed E-state index contributed by atoms with van der Waals surface area (Å²) in [6.45, 7) is 5.25. The van der Waals surface area contributed by atoms with Crippen molar-refractivity contribution >= 4 is 11.9 Å². The first-order valence-corrected chi connectivity index (χ1v) is 4.79. The summed E-state index contributed by atoms with van der Waals surface area (Å²) >= 11 is 0. The highest BCUT2D eigenvalue weighted by Gasteiger charge is 2.40. The van der Waals surface area contributed by atoms with Crippen LogP contribution in [0.1, 0.15) is 40.0 Å². The summed E-state index contributed by atoms with van der Waals surface area (Å²) in [6, 6.07) is 0. The minimum atomic E-state index is -1.15. The first kappa shape index (κ1) is 12.9. The molecule has 1 unspecified atom stereocenters. The Hall–Kier alpha value is -1.06. The molecule has 4 heteroatoms. The first-order valence-electron chi connectivity index (χ1n) is 4.79. The van der Waals surface area contributed by atoms with Crippen molar-refractivity contribution < 1.29 is 19.8 Å². The molecule has 0 saturated heterocycles. The average Bonchev–Trinajstić information content (AvgIpc) is 2.02. The quantitative estimate of drug-likeness (QED) is 0.690. The minimum Gasteiger partial charge on any atom is -0.481 e. The van der Waals surface area contributed by atoms with Gasteiger partial charge in [-0.05, 0) is 19.3 Å². The Morgan fingerprint density at radius 2 is 1.86 bits per heavy atom. The molecule has 0 aliphatic carbocycles. The summed E-state index contributed by atoms with van der Waals surface area (Å²) in [5.74, 6) is -2.21. The Labute approximate surface area is 83.9 Å². The average molecular weight is 202 g/mol. The second kappa shape index (κ2) is 4.98. The highest BCUT2D eigenvalue weighted by molar-refractivity contribution is 5.81. The molecule has 0 aromatic heterocycles. The monoisotopic (exact) mass is 202 g/mol. The van der Waals surface area contributed by atoms with Crippen molar-refractivity contribution in [1.82, 2.24) is 0 Å². The van der Waals surface area contributed by atoms with Gasteiger partial charge in [-0.2, -0.15) is 0 Å². The van der Waals surface area contributed by atoms with Crippen LogP contribution in [0, 0.1) is 11.3 Å². The molecule has 2 N–H and O–H groups in total. The van der Waals surface area contributed by atoms with E-state index >= 15 is 0 Å². The van der Waals surface area contributed by atoms with E-state index in [0.717, 1.165) is 12.8 Å². The van der Waals surface area contributed by atoms with E-state index in [1.165, 1.54) is 6.92 Å². The molecule has 82 valence electrons. The SMILES string of the molecule is CCCC(C)[C@@](C)(CC(=O)O)C(=O)O. The van der Waals surface area contributed by atoms with Crippen LogP contribution >= 0.6 is 0 Å². The van der Waals surface area contributed by atoms with E-state index in [1.807, 2.05) is 6.92 Å². The van der Waals surface area contributed by atoms with Crippen LogP contribution in [0.15, 0.2) is 0 Å². The Balaban J connectivity index is 4.70. The number of carboxylic acid groups (broad SMARTS) is 2. The topological polar surface area (TPSA) is 74.6 Å². The number of carboxylic acids is 2. The first-order chi connectivity index (χ1) is 6.34. The van der Waals surface area contributed by atoms with E-state index in [4.69, 9.17) is 10.2 Å². The molecule has 0 aliphatic rings. The van der Waals surface area contributed by atoms with E-state index in [-0.39, 0.29) is 12.3 Å². The van der Waals surface area contributed by atoms with E-state index < -0.39 is 17.4 Å². The van der Waals surface area contributed by atoms with Crippen molar-refractivity contribution in [2.45, 2.75) is 40.0 Å². The Kier molecular flexibility index (Phi) is 4.60. The predicted octanol–water partition coefficient (Wildman–Crippen LogP) is 1.99. The van der Waals surface area contributed by atoms with Gasteiger partial charge in [0.2, 0.25) is 0 Å². The fourth-order valence-electron chi connectivity index (χ4n) is 1.53. The van der Waals surface area contributed by atoms with E-state index in [9.17, 15) is 9.59 Å². The molecule has 14 heavy (non-hydrogen) atoms. The van der Waals surface area contributed by atoms with Gasteiger partial charge in [-0.1, -0.05) is 20.3 Å². The lowest BCUT2D eigenvalue weighted by Gasteiger charge is -2.29. The van der Waals surface area contributed by atoms with Crippen molar-refractivity contribution in [3.05, 3.63) is 0 Å². The fraction of sp³-hybridized carbons (Fsp3) is 0.800. The van der Waals surface area contributed by atoms with Gasteiger partial charge in [0.1, 0.15) is 0 Å². The molecule has 4 nitrogen and oxygen atoms in total. The van der Waals surface area contributed by atoms with Crippen molar-refractivity contribution in [2.75, 3.05) is 0 Å². The summed E-state index contributed by atoms with van der Waals surface area (Å²) in [5, 5.41) is 17.7. The third kappa shape index (κ3) is 3.01. The number of hydrogen-bond acceptors (Lipinski definition) is 2. The highest BCUT2D eigenvalue weighted by atomic mass is 16.4. The van der Waals surface area contributed by atoms with Crippen molar-refractivity contribution in [3.63, 3.8) is 0 Å². The van der Waals surface area contributed by atoms with Gasteiger partial charge in [0.25, 0.3) is 0 Å². The van der Waals surface area contributed by atoms with Crippen LogP contribution in [0.2, 0.25) is 0 Å². The minimum absolute atomic E-state index is 0.124. The van der Waals surface area contributed by atoms with Crippen LogP contribution < -0.4 is 0 Å². The van der Waals surface area contributed by atoms with E-state index in [1.54, 1.807) is 6.92 Å². The predicted molar refractivity (Wildman–Crippen MR) is 52.1 cm³/mol. The van der Waals surface area contributed by atoms with Crippen LogP contribution in [-0.4, -0.2) is 22.2 Å². The normalized spacial score (nSPS) is 17.1. The van der Waals surface area contributed by atoms with Crippen LogP contribution in [0.4, 0.5) is 0 Å². The number of rotatable bonds is 6. The lowest BCUT2D eigenvalue weighted by atomic mass is 9.73. The molecule has 2 atom stereocenters. The van der Waals surface area contributed by atoms with E-state index in [0.29, 0.717) is 0 Å². The summed E-state index contributed by atoms with van der Waals surface area (Å²) in [6.07, 6.45) is 1.28. The molecule has 0 aromatic rings. The molecular formula is C10H18O4. The van der Waals surface area contributed by atoms with Crippen molar-refractivity contribution in [3.8, 4) is 0 Å². The molecule has 0 bridgehead atoms. The number of aliphatic carboxylic acids is 2. The molecule has 0 fully saturated rings. The van der Waals surface area contributed by atoms with Crippen molar-refractivity contribution in [2.24, 2.45) is 11.3 Å². The molecule has 0 heterocycles. The summed E-state index contributed by atoms with van der Waals surface area (Å²) < 4.78 is 0. The third-order valence-electron chi connectivity index (χ3n) is 2.82. The zero-order valence-electron chi connectivity index (χ0n) is 8.91. The zero-order valence-corrected chi connectivity index (χ0v) is 8.91. The van der Waals surface area contributed by atoms with Crippen molar-refractivity contribution in [1.29, 1.82) is 0 Å². The summed E-state index contributed by atoms with van der Waals surface area (Å²) in [7, 11) is 0. The maximum Gasteiger partial charge on any atom is 0.310 e. The zero-order chi connectivity index (χ0) is 11.4. The van der Waals surface area contributed by atoms with E-state index in [2.05, 4.69) is 0 Å². The molecule has 0 radical (unpaired) electrons. The molecule has 0 saturated carbocycles. The third-order valence-corrected chi connectivity index (χ3v) is 2.82. The standard InChI is InChI=1S/C10H18O4/c1-4-5-7(2)10(3,9(13)14)6-8(11)12/h7H,4-6H2,1-3H3,(H,11,12)(H,13,14)/t7?,10-/m1/s1. The van der Waals surface area contributed by atoms with Gasteiger partial charge in [0.15, 0.2) is 0 Å². The van der Waals surface area contributed by atoms with Gasteiger partial charge in [-0.3, -0.25) is 9.59 Å². The van der Waals surface area contributed by atoms with Crippen LogP contribution in [0.5, 0.6) is 0 Å². The smallest absolute Gasteiger partial charge is 0.310 e. The van der Waals surface area contributed by atoms with Gasteiger partial charge in [-0.15, -0.1) is 0 Å². The second-order valence-corrected chi connectivity index (χ2v) is 3.98. The van der Waals surface area contributed by atoms with Crippen LogP contribution in [0.25, 0.3) is 0 Å². The summed E-state index contributed by atoms with van der Waals surface area (Å²) in [5.41, 5.74) is -1.15. The number of hydrogen-bond donors (Lipinski definition) is 2. The van der Waals surface area contributed by atoms with Crippen LogP contribution in [0.3, 0.4) is 0 Å². The Morgan fingerprint density at radius 3 is 2.14 bits per heavy atom. The van der Waals surface area contributed by atoms with Gasteiger partial charge in [0.05, 0.1) is 11.8 Å². The molecule has 0 spiro atoms. The fourth-order valence-corrected chi connectivity index (χ4v) is 1.53. The van der Waals surface area contributed by atoms with Crippen LogP contribution in [-0.2, 0) is 9.59 Å². The molecule has 0 aliphatic heterocycles. The Morgan fingerprint density at radius 1 is 1.36 bits per heavy atom. The van der Waals surface area contributed by atoms with Gasteiger partial charge in [-0.25, -0.2) is 0 Å². The second-order valence-electron chi connectivity index (χ2n) is 3.98. The largest absolute Gasteiger partial charge is 0.481 e. The lowest BCUT2D eigenvalue weighted by Crippen LogP contribution is -2.36. The number of carbonyl (C=O) groups is 2. The molecule has 0 aromatic carbocycles. The molecule has 0 rings (SSSR count). The van der Waals surface area contributed by atoms with Gasteiger partial charge < -0.3 is 10.2 Å². The molecular weight excluding hydrogens is 184 g/mol. The maximum atomic E-state index is 11.0. The maximum absolute atomic E-state index is 11.0. The van der Waals surface area contributed by atoms with Gasteiger partial charge >= 0.3 is 11.9 Å². The summed E-state index contributed by atoms with van der Waals surface area (Å²) in [4.78, 5) is 21.6. The highest BCUT2D eigenvalue weighted by Crippen LogP contribution is 2.34. The Bertz CT molecular complexity index is 224. The van der Waals surface area contributed by atoms with Gasteiger partial charge in [0, 0.05) is 0 Å². The molecule has 0 amide bonds. The lowest BCUT2D eigenvalue weighted by molar-refractivity contribution is -0.158.